The first-order valence-electron chi connectivity index (χ1n) is 8.37. The number of carbonyl (C=O) groups excluding carboxylic acids is 1. The molecular weight excluding hydrogens is 274 g/mol. The van der Waals surface area contributed by atoms with Gasteiger partial charge in [0.25, 0.3) is 0 Å². The van der Waals surface area contributed by atoms with Crippen LogP contribution in [0.1, 0.15) is 50.4 Å². The maximum Gasteiger partial charge on any atom is 0.222 e. The van der Waals surface area contributed by atoms with Crippen molar-refractivity contribution < 1.29 is 4.79 Å². The summed E-state index contributed by atoms with van der Waals surface area (Å²) >= 11 is 0. The first-order chi connectivity index (χ1) is 10.5. The molecule has 1 fully saturated rings. The number of carbonyl (C=O) groups is 1. The van der Waals surface area contributed by atoms with E-state index in [9.17, 15) is 4.79 Å². The van der Waals surface area contributed by atoms with Crippen molar-refractivity contribution in [3.8, 4) is 0 Å². The van der Waals surface area contributed by atoms with Gasteiger partial charge in [-0.25, -0.2) is 0 Å². The Morgan fingerprint density at radius 1 is 1.41 bits per heavy atom. The molecule has 0 bridgehead atoms. The average Bonchev–Trinajstić information content (AvgIpc) is 2.52. The number of nitrogens with zero attached hydrogens (tertiary/aromatic N) is 3. The number of pyridine rings is 1. The van der Waals surface area contributed by atoms with Crippen LogP contribution < -0.4 is 0 Å². The highest BCUT2D eigenvalue weighted by atomic mass is 16.2. The van der Waals surface area contributed by atoms with Crippen LogP contribution in [-0.4, -0.2) is 53.9 Å². The van der Waals surface area contributed by atoms with E-state index in [1.165, 1.54) is 25.1 Å². The van der Waals surface area contributed by atoms with Crippen molar-refractivity contribution in [1.82, 2.24) is 14.8 Å². The van der Waals surface area contributed by atoms with Crippen molar-refractivity contribution >= 4 is 5.91 Å². The average molecular weight is 303 g/mol. The summed E-state index contributed by atoms with van der Waals surface area (Å²) in [7, 11) is 3.60. The van der Waals surface area contributed by atoms with E-state index in [4.69, 9.17) is 4.98 Å². The van der Waals surface area contributed by atoms with Gasteiger partial charge in [0.1, 0.15) is 0 Å². The van der Waals surface area contributed by atoms with Gasteiger partial charge in [0.05, 0.1) is 0 Å². The molecule has 122 valence electrons. The van der Waals surface area contributed by atoms with Crippen molar-refractivity contribution in [2.45, 2.75) is 51.5 Å². The molecule has 2 rings (SSSR count). The Morgan fingerprint density at radius 3 is 2.86 bits per heavy atom. The number of hydrogen-bond donors (Lipinski definition) is 0. The lowest BCUT2D eigenvalue weighted by atomic mass is 9.93. The molecule has 1 atom stereocenters. The molecule has 0 radical (unpaired) electrons. The fourth-order valence-corrected chi connectivity index (χ4v) is 3.04. The highest BCUT2D eigenvalue weighted by Gasteiger charge is 2.23. The SMILES string of the molecule is CC(C)N1CCC[C@@H](c2cccc(CCC(=O)N(C)C)n2)C1. The maximum absolute atomic E-state index is 11.7. The van der Waals surface area contributed by atoms with Gasteiger partial charge in [0.15, 0.2) is 0 Å². The molecule has 0 aliphatic carbocycles. The molecule has 22 heavy (non-hydrogen) atoms. The molecule has 1 aromatic rings. The van der Waals surface area contributed by atoms with E-state index in [1.54, 1.807) is 19.0 Å². The molecule has 1 saturated heterocycles. The minimum atomic E-state index is 0.163. The van der Waals surface area contributed by atoms with E-state index >= 15 is 0 Å². The predicted octanol–water partition coefficient (Wildman–Crippen LogP) is 2.69. The Balaban J connectivity index is 2.00. The lowest BCUT2D eigenvalue weighted by Crippen LogP contribution is -2.39. The zero-order chi connectivity index (χ0) is 16.1. The topological polar surface area (TPSA) is 36.4 Å². The zero-order valence-electron chi connectivity index (χ0n) is 14.4. The van der Waals surface area contributed by atoms with Gasteiger partial charge in [0.2, 0.25) is 5.91 Å². The smallest absolute Gasteiger partial charge is 0.222 e. The van der Waals surface area contributed by atoms with Crippen LogP contribution in [0.5, 0.6) is 0 Å². The minimum absolute atomic E-state index is 0.163. The minimum Gasteiger partial charge on any atom is -0.349 e. The molecule has 0 spiro atoms. The number of likely N-dealkylation sites (tertiary alicyclic amines) is 1. The third-order valence-electron chi connectivity index (χ3n) is 4.52. The Labute approximate surface area is 134 Å². The summed E-state index contributed by atoms with van der Waals surface area (Å²) in [5, 5.41) is 0. The third-order valence-corrected chi connectivity index (χ3v) is 4.52. The Kier molecular flexibility index (Phi) is 5.95. The van der Waals surface area contributed by atoms with Gasteiger partial charge >= 0.3 is 0 Å². The highest BCUT2D eigenvalue weighted by molar-refractivity contribution is 5.75. The summed E-state index contributed by atoms with van der Waals surface area (Å²) in [5.41, 5.74) is 2.23. The number of aromatic nitrogens is 1. The molecule has 1 amide bonds. The molecule has 0 unspecified atom stereocenters. The van der Waals surface area contributed by atoms with Crippen LogP contribution in [0.3, 0.4) is 0 Å². The highest BCUT2D eigenvalue weighted by Crippen LogP contribution is 2.26. The fraction of sp³-hybridized carbons (Fsp3) is 0.667. The Morgan fingerprint density at radius 2 is 2.18 bits per heavy atom. The quantitative estimate of drug-likeness (QED) is 0.839. The lowest BCUT2D eigenvalue weighted by Gasteiger charge is -2.35. The molecule has 0 saturated carbocycles. The molecule has 1 aromatic heterocycles. The second-order valence-electron chi connectivity index (χ2n) is 6.77. The molecule has 4 nitrogen and oxygen atoms in total. The van der Waals surface area contributed by atoms with Crippen molar-refractivity contribution in [2.75, 3.05) is 27.2 Å². The van der Waals surface area contributed by atoms with E-state index < -0.39 is 0 Å². The van der Waals surface area contributed by atoms with Crippen molar-refractivity contribution in [2.24, 2.45) is 0 Å². The van der Waals surface area contributed by atoms with Gasteiger partial charge in [-0.15, -0.1) is 0 Å². The predicted molar refractivity (Wildman–Crippen MR) is 89.9 cm³/mol. The summed E-state index contributed by atoms with van der Waals surface area (Å²) in [5.74, 6) is 0.691. The van der Waals surface area contributed by atoms with Crippen LogP contribution >= 0.6 is 0 Å². The molecule has 0 N–H and O–H groups in total. The van der Waals surface area contributed by atoms with Crippen molar-refractivity contribution in [3.05, 3.63) is 29.6 Å². The van der Waals surface area contributed by atoms with Gasteiger partial charge in [-0.1, -0.05) is 6.07 Å². The molecule has 1 aliphatic heterocycles. The molecule has 0 aromatic carbocycles. The fourth-order valence-electron chi connectivity index (χ4n) is 3.04. The van der Waals surface area contributed by atoms with Crippen LogP contribution in [0, 0.1) is 0 Å². The lowest BCUT2D eigenvalue weighted by molar-refractivity contribution is -0.128. The number of hydrogen-bond acceptors (Lipinski definition) is 3. The van der Waals surface area contributed by atoms with E-state index in [1.807, 2.05) is 6.07 Å². The van der Waals surface area contributed by atoms with Gasteiger partial charge in [-0.2, -0.15) is 0 Å². The van der Waals surface area contributed by atoms with Crippen molar-refractivity contribution in [1.29, 1.82) is 0 Å². The molecule has 4 heteroatoms. The molecule has 2 heterocycles. The normalized spacial score (nSPS) is 19.4. The van der Waals surface area contributed by atoms with Crippen LogP contribution in [0.15, 0.2) is 18.2 Å². The second-order valence-corrected chi connectivity index (χ2v) is 6.77. The van der Waals surface area contributed by atoms with Crippen LogP contribution in [0.4, 0.5) is 0 Å². The van der Waals surface area contributed by atoms with Gasteiger partial charge < -0.3 is 9.80 Å². The second kappa shape index (κ2) is 7.73. The van der Waals surface area contributed by atoms with Crippen LogP contribution in [0.25, 0.3) is 0 Å². The summed E-state index contributed by atoms with van der Waals surface area (Å²) in [6.07, 6.45) is 3.72. The number of rotatable bonds is 5. The summed E-state index contributed by atoms with van der Waals surface area (Å²) in [6.45, 7) is 6.83. The van der Waals surface area contributed by atoms with Crippen LogP contribution in [-0.2, 0) is 11.2 Å². The largest absolute Gasteiger partial charge is 0.349 e. The Bertz CT molecular complexity index is 499. The first-order valence-corrected chi connectivity index (χ1v) is 8.37. The number of piperidine rings is 1. The summed E-state index contributed by atoms with van der Waals surface area (Å²) < 4.78 is 0. The van der Waals surface area contributed by atoms with E-state index in [0.29, 0.717) is 18.4 Å². The Hall–Kier alpha value is -1.42. The number of aryl methyl sites for hydroxylation is 1. The third kappa shape index (κ3) is 4.54. The summed E-state index contributed by atoms with van der Waals surface area (Å²) in [4.78, 5) is 20.7. The first kappa shape index (κ1) is 16.9. The van der Waals surface area contributed by atoms with E-state index in [2.05, 4.69) is 30.9 Å². The maximum atomic E-state index is 11.7. The van der Waals surface area contributed by atoms with Gasteiger partial charge in [0, 0.05) is 50.4 Å². The number of amides is 1. The molecule has 1 aliphatic rings. The van der Waals surface area contributed by atoms with E-state index in [-0.39, 0.29) is 5.91 Å². The standard InChI is InChI=1S/C18H29N3O/c1-14(2)21-12-6-7-15(13-21)17-9-5-8-16(19-17)10-11-18(22)20(3)4/h5,8-9,14-15H,6-7,10-13H2,1-4H3/t15-/m1/s1. The van der Waals surface area contributed by atoms with Gasteiger partial charge in [-0.3, -0.25) is 9.78 Å². The van der Waals surface area contributed by atoms with Crippen molar-refractivity contribution in [3.63, 3.8) is 0 Å². The molecular formula is C18H29N3O. The van der Waals surface area contributed by atoms with Gasteiger partial charge in [-0.05, 0) is 51.8 Å². The summed E-state index contributed by atoms with van der Waals surface area (Å²) in [6, 6.07) is 6.87. The zero-order valence-corrected chi connectivity index (χ0v) is 14.4. The van der Waals surface area contributed by atoms with E-state index in [0.717, 1.165) is 18.7 Å². The monoisotopic (exact) mass is 303 g/mol. The van der Waals surface area contributed by atoms with Crippen LogP contribution in [0.2, 0.25) is 0 Å².